The van der Waals surface area contributed by atoms with Crippen LogP contribution in [0.2, 0.25) is 10.0 Å². The molecule has 2 aromatic heterocycles. The van der Waals surface area contributed by atoms with Crippen molar-refractivity contribution in [3.63, 3.8) is 0 Å². The summed E-state index contributed by atoms with van der Waals surface area (Å²) >= 11 is 11.8. The first kappa shape index (κ1) is 14.0. The van der Waals surface area contributed by atoms with Crippen molar-refractivity contribution < 1.29 is 9.32 Å². The maximum atomic E-state index is 11.4. The molecule has 2 heterocycles. The van der Waals surface area contributed by atoms with Crippen molar-refractivity contribution in [2.45, 2.75) is 26.2 Å². The van der Waals surface area contributed by atoms with E-state index in [1.54, 1.807) is 6.07 Å². The van der Waals surface area contributed by atoms with E-state index in [1.807, 2.05) is 6.92 Å². The number of hydrogen-bond donors (Lipinski definition) is 0. The predicted octanol–water partition coefficient (Wildman–Crippen LogP) is 3.52. The Morgan fingerprint density at radius 2 is 2.21 bits per heavy atom. The lowest BCUT2D eigenvalue weighted by atomic mass is 10.0. The molecule has 2 rings (SSSR count). The minimum atomic E-state index is -0.396. The zero-order valence-electron chi connectivity index (χ0n) is 10.4. The van der Waals surface area contributed by atoms with Gasteiger partial charge in [-0.05, 0) is 19.4 Å². The van der Waals surface area contributed by atoms with Gasteiger partial charge in [-0.2, -0.15) is 4.98 Å². The van der Waals surface area contributed by atoms with Gasteiger partial charge in [-0.3, -0.25) is 4.79 Å². The van der Waals surface area contributed by atoms with E-state index in [4.69, 9.17) is 27.7 Å². The Hall–Kier alpha value is -1.46. The highest BCUT2D eigenvalue weighted by molar-refractivity contribution is 6.35. The number of aromatic nitrogens is 3. The molecule has 0 aromatic carbocycles. The molecule has 0 N–H and O–H groups in total. The molecule has 0 fully saturated rings. The van der Waals surface area contributed by atoms with E-state index < -0.39 is 5.92 Å². The molecule has 0 bridgehead atoms. The number of nitrogens with zero attached hydrogens (tertiary/aromatic N) is 3. The third-order valence-electron chi connectivity index (χ3n) is 2.66. The second-order valence-corrected chi connectivity index (χ2v) is 4.86. The highest BCUT2D eigenvalue weighted by atomic mass is 35.5. The largest absolute Gasteiger partial charge is 0.338 e. The van der Waals surface area contributed by atoms with E-state index in [-0.39, 0.29) is 17.5 Å². The van der Waals surface area contributed by atoms with Gasteiger partial charge in [0, 0.05) is 6.20 Å². The summed E-state index contributed by atoms with van der Waals surface area (Å²) in [5.41, 5.74) is 0.375. The van der Waals surface area contributed by atoms with Gasteiger partial charge in [0.05, 0.1) is 16.0 Å². The van der Waals surface area contributed by atoms with Gasteiger partial charge in [-0.25, -0.2) is 4.98 Å². The number of ketones is 1. The summed E-state index contributed by atoms with van der Waals surface area (Å²) in [4.78, 5) is 19.7. The monoisotopic (exact) mass is 299 g/mol. The summed E-state index contributed by atoms with van der Waals surface area (Å²) in [6.45, 7) is 3.37. The summed E-state index contributed by atoms with van der Waals surface area (Å²) < 4.78 is 5.11. The van der Waals surface area contributed by atoms with Crippen LogP contribution in [0.1, 0.15) is 32.1 Å². The molecule has 0 aliphatic rings. The Kier molecular flexibility index (Phi) is 4.17. The van der Waals surface area contributed by atoms with E-state index >= 15 is 0 Å². The van der Waals surface area contributed by atoms with Gasteiger partial charge in [-0.1, -0.05) is 35.3 Å². The van der Waals surface area contributed by atoms with Crippen LogP contribution in [-0.4, -0.2) is 20.9 Å². The fraction of sp³-hybridized carbons (Fsp3) is 0.333. The van der Waals surface area contributed by atoms with Crippen LogP contribution in [0.25, 0.3) is 11.5 Å². The van der Waals surface area contributed by atoms with Crippen LogP contribution in [0.5, 0.6) is 0 Å². The van der Waals surface area contributed by atoms with Crippen LogP contribution in [0.15, 0.2) is 16.8 Å². The van der Waals surface area contributed by atoms with Crippen LogP contribution in [0.4, 0.5) is 0 Å². The average molecular weight is 300 g/mol. The highest BCUT2D eigenvalue weighted by Gasteiger charge is 2.23. The highest BCUT2D eigenvalue weighted by Crippen LogP contribution is 2.27. The van der Waals surface area contributed by atoms with Crippen molar-refractivity contribution in [1.82, 2.24) is 15.1 Å². The number of rotatable bonds is 4. The van der Waals surface area contributed by atoms with E-state index in [0.717, 1.165) is 0 Å². The summed E-state index contributed by atoms with van der Waals surface area (Å²) in [6, 6.07) is 1.55. The van der Waals surface area contributed by atoms with Crippen molar-refractivity contribution in [3.8, 4) is 11.5 Å². The van der Waals surface area contributed by atoms with Crippen molar-refractivity contribution >= 4 is 29.0 Å². The molecule has 0 aliphatic heterocycles. The average Bonchev–Trinajstić information content (AvgIpc) is 2.78. The maximum Gasteiger partial charge on any atom is 0.237 e. The standard InChI is InChI=1S/C12H11Cl2N3O2/c1-3-8(6(2)18)12-16-11(17-19-12)10-9(14)4-7(13)5-15-10/h4-5,8H,3H2,1-2H3. The minimum Gasteiger partial charge on any atom is -0.338 e. The second-order valence-electron chi connectivity index (χ2n) is 4.01. The first-order chi connectivity index (χ1) is 9.02. The quantitative estimate of drug-likeness (QED) is 0.864. The van der Waals surface area contributed by atoms with Crippen LogP contribution in [-0.2, 0) is 4.79 Å². The van der Waals surface area contributed by atoms with E-state index in [0.29, 0.717) is 22.2 Å². The maximum absolute atomic E-state index is 11.4. The molecule has 0 saturated heterocycles. The van der Waals surface area contributed by atoms with Gasteiger partial charge in [0.15, 0.2) is 0 Å². The molecule has 0 aliphatic carbocycles. The third-order valence-corrected chi connectivity index (χ3v) is 3.15. The Bertz CT molecular complexity index is 613. The Morgan fingerprint density at radius 3 is 2.79 bits per heavy atom. The van der Waals surface area contributed by atoms with Crippen LogP contribution in [0, 0.1) is 0 Å². The zero-order valence-corrected chi connectivity index (χ0v) is 11.9. The zero-order chi connectivity index (χ0) is 14.0. The molecule has 0 saturated carbocycles. The molecule has 1 atom stereocenters. The van der Waals surface area contributed by atoms with Crippen LogP contribution in [0.3, 0.4) is 0 Å². The first-order valence-electron chi connectivity index (χ1n) is 5.68. The van der Waals surface area contributed by atoms with Gasteiger partial charge in [-0.15, -0.1) is 0 Å². The third kappa shape index (κ3) is 2.93. The lowest BCUT2D eigenvalue weighted by Gasteiger charge is -2.03. The van der Waals surface area contributed by atoms with Gasteiger partial charge < -0.3 is 4.52 Å². The lowest BCUT2D eigenvalue weighted by molar-refractivity contribution is -0.119. The van der Waals surface area contributed by atoms with E-state index in [9.17, 15) is 4.79 Å². The SMILES string of the molecule is CCC(C(C)=O)c1nc(-c2ncc(Cl)cc2Cl)no1. The molecule has 19 heavy (non-hydrogen) atoms. The number of pyridine rings is 1. The molecule has 0 radical (unpaired) electrons. The van der Waals surface area contributed by atoms with Gasteiger partial charge in [0.2, 0.25) is 11.7 Å². The fourth-order valence-corrected chi connectivity index (χ4v) is 2.15. The Morgan fingerprint density at radius 1 is 1.47 bits per heavy atom. The van der Waals surface area contributed by atoms with Crippen molar-refractivity contribution in [2.75, 3.05) is 0 Å². The topological polar surface area (TPSA) is 68.9 Å². The number of hydrogen-bond acceptors (Lipinski definition) is 5. The summed E-state index contributed by atoms with van der Waals surface area (Å²) in [5, 5.41) is 4.55. The Labute approximate surface area is 119 Å². The van der Waals surface area contributed by atoms with Gasteiger partial charge in [0.25, 0.3) is 0 Å². The van der Waals surface area contributed by atoms with E-state index in [2.05, 4.69) is 15.1 Å². The predicted molar refractivity (Wildman–Crippen MR) is 71.3 cm³/mol. The van der Waals surface area contributed by atoms with Crippen LogP contribution < -0.4 is 0 Å². The summed E-state index contributed by atoms with van der Waals surface area (Å²) in [7, 11) is 0. The molecular formula is C12H11Cl2N3O2. The number of carbonyl (C=O) groups excluding carboxylic acids is 1. The van der Waals surface area contributed by atoms with E-state index in [1.165, 1.54) is 13.1 Å². The van der Waals surface area contributed by atoms with Crippen molar-refractivity contribution in [3.05, 3.63) is 28.2 Å². The minimum absolute atomic E-state index is 0.0205. The number of carbonyl (C=O) groups is 1. The number of halogens is 2. The molecule has 1 unspecified atom stereocenters. The Balaban J connectivity index is 2.38. The van der Waals surface area contributed by atoms with Crippen LogP contribution >= 0.6 is 23.2 Å². The summed E-state index contributed by atoms with van der Waals surface area (Å²) in [6.07, 6.45) is 2.04. The molecule has 2 aromatic rings. The molecular weight excluding hydrogens is 289 g/mol. The van der Waals surface area contributed by atoms with Crippen molar-refractivity contribution in [2.24, 2.45) is 0 Å². The second kappa shape index (κ2) is 5.67. The fourth-order valence-electron chi connectivity index (χ4n) is 1.69. The lowest BCUT2D eigenvalue weighted by Crippen LogP contribution is -2.07. The normalized spacial score (nSPS) is 12.4. The van der Waals surface area contributed by atoms with Gasteiger partial charge in [0.1, 0.15) is 11.5 Å². The molecule has 7 heteroatoms. The number of Topliss-reactive ketones (excluding diaryl/α,β-unsaturated/α-hetero) is 1. The smallest absolute Gasteiger partial charge is 0.237 e. The molecule has 0 amide bonds. The first-order valence-corrected chi connectivity index (χ1v) is 6.44. The molecule has 5 nitrogen and oxygen atoms in total. The van der Waals surface area contributed by atoms with Gasteiger partial charge >= 0.3 is 0 Å². The van der Waals surface area contributed by atoms with Crippen molar-refractivity contribution in [1.29, 1.82) is 0 Å². The molecule has 100 valence electrons. The molecule has 0 spiro atoms. The summed E-state index contributed by atoms with van der Waals surface area (Å²) in [5.74, 6) is 0.106.